The van der Waals surface area contributed by atoms with Crippen molar-refractivity contribution in [2.45, 2.75) is 46.5 Å². The number of unbranched alkanes of at least 4 members (excludes halogenated alkanes) is 1. The van der Waals surface area contributed by atoms with Crippen LogP contribution < -0.4 is 0 Å². The molecule has 0 radical (unpaired) electrons. The van der Waals surface area contributed by atoms with Crippen LogP contribution in [-0.4, -0.2) is 12.6 Å². The van der Waals surface area contributed by atoms with Crippen LogP contribution in [-0.2, 0) is 9.53 Å². The average Bonchev–Trinajstić information content (AvgIpc) is 2.16. The smallest absolute Gasteiger partial charge is 0.333 e. The highest BCUT2D eigenvalue weighted by atomic mass is 16.5. The van der Waals surface area contributed by atoms with E-state index < -0.39 is 0 Å². The number of carbonyl (C=O) groups is 1. The minimum Gasteiger partial charge on any atom is -0.462 e. The van der Waals surface area contributed by atoms with E-state index in [1.165, 1.54) is 12.8 Å². The normalized spacial score (nSPS) is 12.2. The summed E-state index contributed by atoms with van der Waals surface area (Å²) in [6.45, 7) is 10.2. The van der Waals surface area contributed by atoms with E-state index in [1.54, 1.807) is 6.92 Å². The van der Waals surface area contributed by atoms with Crippen molar-refractivity contribution in [3.8, 4) is 0 Å². The lowest BCUT2D eigenvalue weighted by Gasteiger charge is -2.07. The second kappa shape index (κ2) is 7.60. The summed E-state index contributed by atoms with van der Waals surface area (Å²) in [7, 11) is 0. The largest absolute Gasteiger partial charge is 0.462 e. The summed E-state index contributed by atoms with van der Waals surface area (Å²) in [5.41, 5.74) is 0.479. The van der Waals surface area contributed by atoms with Crippen molar-refractivity contribution in [1.82, 2.24) is 0 Å². The molecule has 2 nitrogen and oxygen atoms in total. The third-order valence-corrected chi connectivity index (χ3v) is 2.37. The van der Waals surface area contributed by atoms with Gasteiger partial charge in [0.25, 0.3) is 0 Å². The first kappa shape index (κ1) is 13.2. The number of ether oxygens (including phenoxy) is 1. The predicted molar refractivity (Wildman–Crippen MR) is 59.1 cm³/mol. The summed E-state index contributed by atoms with van der Waals surface area (Å²) in [6, 6.07) is 0. The molecule has 0 fully saturated rings. The Morgan fingerprint density at radius 1 is 1.43 bits per heavy atom. The molecule has 0 aliphatic heterocycles. The van der Waals surface area contributed by atoms with Crippen LogP contribution in [0.2, 0.25) is 0 Å². The monoisotopic (exact) mass is 198 g/mol. The third-order valence-electron chi connectivity index (χ3n) is 2.37. The summed E-state index contributed by atoms with van der Waals surface area (Å²) in [5.74, 6) is 0.514. The van der Waals surface area contributed by atoms with Gasteiger partial charge in [0.1, 0.15) is 0 Å². The van der Waals surface area contributed by atoms with Crippen LogP contribution >= 0.6 is 0 Å². The summed E-state index contributed by atoms with van der Waals surface area (Å²) in [5, 5.41) is 0. The summed E-state index contributed by atoms with van der Waals surface area (Å²) >= 11 is 0. The average molecular weight is 198 g/mol. The zero-order valence-corrected chi connectivity index (χ0v) is 9.64. The van der Waals surface area contributed by atoms with Crippen LogP contribution in [0.5, 0.6) is 0 Å². The molecule has 0 saturated heterocycles. The standard InChI is InChI=1S/C12H22O2/c1-5-11(4)8-6-7-9-14-12(13)10(2)3/h11H,2,5-9H2,1,3-4H3. The van der Waals surface area contributed by atoms with Crippen LogP contribution in [0.15, 0.2) is 12.2 Å². The molecular weight excluding hydrogens is 176 g/mol. The van der Waals surface area contributed by atoms with E-state index in [2.05, 4.69) is 20.4 Å². The maximum absolute atomic E-state index is 11.0. The number of esters is 1. The quantitative estimate of drug-likeness (QED) is 0.356. The van der Waals surface area contributed by atoms with Gasteiger partial charge in [-0.1, -0.05) is 33.3 Å². The lowest BCUT2D eigenvalue weighted by Crippen LogP contribution is -2.06. The Hall–Kier alpha value is -0.790. The molecule has 0 heterocycles. The maximum Gasteiger partial charge on any atom is 0.333 e. The Labute approximate surface area is 87.3 Å². The fraction of sp³-hybridized carbons (Fsp3) is 0.750. The zero-order chi connectivity index (χ0) is 11.0. The van der Waals surface area contributed by atoms with Crippen molar-refractivity contribution in [3.05, 3.63) is 12.2 Å². The summed E-state index contributed by atoms with van der Waals surface area (Å²) in [6.07, 6.45) is 4.55. The van der Waals surface area contributed by atoms with Crippen molar-refractivity contribution in [2.24, 2.45) is 5.92 Å². The molecule has 0 bridgehead atoms. The molecule has 2 heteroatoms. The van der Waals surface area contributed by atoms with Crippen molar-refractivity contribution < 1.29 is 9.53 Å². The Morgan fingerprint density at radius 3 is 2.57 bits per heavy atom. The van der Waals surface area contributed by atoms with Crippen LogP contribution in [0.3, 0.4) is 0 Å². The first-order valence-electron chi connectivity index (χ1n) is 5.40. The van der Waals surface area contributed by atoms with Gasteiger partial charge in [-0.25, -0.2) is 4.79 Å². The SMILES string of the molecule is C=C(C)C(=O)OCCCCC(C)CC. The molecule has 0 aliphatic rings. The van der Waals surface area contributed by atoms with Crippen LogP contribution in [0.25, 0.3) is 0 Å². The first-order valence-corrected chi connectivity index (χ1v) is 5.40. The van der Waals surface area contributed by atoms with E-state index in [0.29, 0.717) is 12.2 Å². The molecule has 0 N–H and O–H groups in total. The van der Waals surface area contributed by atoms with Gasteiger partial charge in [-0.15, -0.1) is 0 Å². The zero-order valence-electron chi connectivity index (χ0n) is 9.64. The summed E-state index contributed by atoms with van der Waals surface area (Å²) < 4.78 is 4.98. The van der Waals surface area contributed by atoms with Gasteiger partial charge in [-0.05, 0) is 25.7 Å². The van der Waals surface area contributed by atoms with Gasteiger partial charge in [-0.2, -0.15) is 0 Å². The van der Waals surface area contributed by atoms with Gasteiger partial charge < -0.3 is 4.74 Å². The van der Waals surface area contributed by atoms with E-state index in [9.17, 15) is 4.79 Å². The molecule has 0 aromatic heterocycles. The molecule has 82 valence electrons. The third kappa shape index (κ3) is 6.70. The molecular formula is C12H22O2. The van der Waals surface area contributed by atoms with Crippen molar-refractivity contribution >= 4 is 5.97 Å². The van der Waals surface area contributed by atoms with Gasteiger partial charge in [0.05, 0.1) is 6.61 Å². The fourth-order valence-corrected chi connectivity index (χ4v) is 1.09. The Kier molecular flexibility index (Phi) is 7.17. The number of carbonyl (C=O) groups excluding carboxylic acids is 1. The van der Waals surface area contributed by atoms with Crippen LogP contribution in [0.4, 0.5) is 0 Å². The second-order valence-electron chi connectivity index (χ2n) is 3.93. The Balaban J connectivity index is 3.30. The number of hydrogen-bond acceptors (Lipinski definition) is 2. The topological polar surface area (TPSA) is 26.3 Å². The van der Waals surface area contributed by atoms with Gasteiger partial charge in [0, 0.05) is 5.57 Å². The van der Waals surface area contributed by atoms with Crippen molar-refractivity contribution in [1.29, 1.82) is 0 Å². The second-order valence-corrected chi connectivity index (χ2v) is 3.93. The van der Waals surface area contributed by atoms with Crippen molar-refractivity contribution in [2.75, 3.05) is 6.61 Å². The van der Waals surface area contributed by atoms with Crippen LogP contribution in [0, 0.1) is 5.92 Å². The minimum absolute atomic E-state index is 0.270. The lowest BCUT2D eigenvalue weighted by atomic mass is 10.0. The summed E-state index contributed by atoms with van der Waals surface area (Å²) in [4.78, 5) is 11.0. The maximum atomic E-state index is 11.0. The van der Waals surface area contributed by atoms with E-state index in [-0.39, 0.29) is 5.97 Å². The molecule has 0 aromatic rings. The lowest BCUT2D eigenvalue weighted by molar-refractivity contribution is -0.139. The van der Waals surface area contributed by atoms with Gasteiger partial charge in [0.2, 0.25) is 0 Å². The van der Waals surface area contributed by atoms with E-state index in [0.717, 1.165) is 18.8 Å². The molecule has 0 aliphatic carbocycles. The van der Waals surface area contributed by atoms with Crippen molar-refractivity contribution in [3.63, 3.8) is 0 Å². The molecule has 0 saturated carbocycles. The minimum atomic E-state index is -0.270. The number of rotatable bonds is 7. The highest BCUT2D eigenvalue weighted by Gasteiger charge is 2.02. The van der Waals surface area contributed by atoms with E-state index in [4.69, 9.17) is 4.74 Å². The fourth-order valence-electron chi connectivity index (χ4n) is 1.09. The highest BCUT2D eigenvalue weighted by Crippen LogP contribution is 2.10. The highest BCUT2D eigenvalue weighted by molar-refractivity contribution is 5.86. The molecule has 1 unspecified atom stereocenters. The van der Waals surface area contributed by atoms with E-state index in [1.807, 2.05) is 0 Å². The molecule has 0 aromatic carbocycles. The first-order chi connectivity index (χ1) is 6.57. The van der Waals surface area contributed by atoms with Crippen LogP contribution in [0.1, 0.15) is 46.5 Å². The van der Waals surface area contributed by atoms with Gasteiger partial charge in [0.15, 0.2) is 0 Å². The Morgan fingerprint density at radius 2 is 2.07 bits per heavy atom. The molecule has 14 heavy (non-hydrogen) atoms. The molecule has 0 rings (SSSR count). The predicted octanol–water partition coefficient (Wildman–Crippen LogP) is 3.32. The number of hydrogen-bond donors (Lipinski definition) is 0. The Bertz CT molecular complexity index is 185. The van der Waals surface area contributed by atoms with E-state index >= 15 is 0 Å². The molecule has 1 atom stereocenters. The van der Waals surface area contributed by atoms with Gasteiger partial charge in [-0.3, -0.25) is 0 Å². The van der Waals surface area contributed by atoms with Gasteiger partial charge >= 0.3 is 5.97 Å². The molecule has 0 amide bonds. The molecule has 0 spiro atoms.